The third-order valence-electron chi connectivity index (χ3n) is 3.75. The van der Waals surface area contributed by atoms with Crippen LogP contribution in [-0.2, 0) is 19.4 Å². The Kier molecular flexibility index (Phi) is 7.05. The summed E-state index contributed by atoms with van der Waals surface area (Å²) in [6, 6.07) is 0. The first-order valence-corrected chi connectivity index (χ1v) is 8.75. The summed E-state index contributed by atoms with van der Waals surface area (Å²) in [5.74, 6) is 2.11. The van der Waals surface area contributed by atoms with Gasteiger partial charge in [0.1, 0.15) is 5.82 Å². The number of halogens is 1. The standard InChI is InChI=1S/C15H28BrN3/c1-5-9-15(11-16,10-6-2)12-19-14(8-4)17-13(7-3)18-19/h5-12H2,1-4H3. The first kappa shape index (κ1) is 16.7. The van der Waals surface area contributed by atoms with Crippen molar-refractivity contribution in [2.75, 3.05) is 5.33 Å². The van der Waals surface area contributed by atoms with Gasteiger partial charge >= 0.3 is 0 Å². The summed E-state index contributed by atoms with van der Waals surface area (Å²) in [5, 5.41) is 5.73. The molecule has 4 heteroatoms. The molecule has 1 heterocycles. The third kappa shape index (κ3) is 4.30. The van der Waals surface area contributed by atoms with Crippen molar-refractivity contribution in [1.29, 1.82) is 0 Å². The Balaban J connectivity index is 2.97. The van der Waals surface area contributed by atoms with Crippen molar-refractivity contribution in [3.8, 4) is 0 Å². The molecule has 0 fully saturated rings. The van der Waals surface area contributed by atoms with Gasteiger partial charge in [-0.05, 0) is 18.3 Å². The van der Waals surface area contributed by atoms with E-state index in [1.54, 1.807) is 0 Å². The summed E-state index contributed by atoms with van der Waals surface area (Å²) >= 11 is 3.74. The topological polar surface area (TPSA) is 30.7 Å². The molecule has 0 saturated carbocycles. The molecule has 110 valence electrons. The fraction of sp³-hybridized carbons (Fsp3) is 0.867. The Morgan fingerprint density at radius 1 is 1.05 bits per heavy atom. The van der Waals surface area contributed by atoms with Crippen LogP contribution in [0.2, 0.25) is 0 Å². The van der Waals surface area contributed by atoms with Gasteiger partial charge in [0.2, 0.25) is 0 Å². The minimum Gasteiger partial charge on any atom is -0.249 e. The van der Waals surface area contributed by atoms with Crippen molar-refractivity contribution in [3.63, 3.8) is 0 Å². The molecule has 0 aromatic carbocycles. The average molecular weight is 330 g/mol. The second-order valence-corrected chi connectivity index (χ2v) is 6.00. The van der Waals surface area contributed by atoms with Crippen LogP contribution < -0.4 is 0 Å². The van der Waals surface area contributed by atoms with Gasteiger partial charge in [0, 0.05) is 24.7 Å². The maximum Gasteiger partial charge on any atom is 0.150 e. The van der Waals surface area contributed by atoms with Crippen LogP contribution in [0.3, 0.4) is 0 Å². The molecule has 0 radical (unpaired) electrons. The van der Waals surface area contributed by atoms with Crippen LogP contribution in [0.4, 0.5) is 0 Å². The Morgan fingerprint density at radius 3 is 2.11 bits per heavy atom. The van der Waals surface area contributed by atoms with Gasteiger partial charge in [-0.25, -0.2) is 9.67 Å². The van der Waals surface area contributed by atoms with E-state index in [4.69, 9.17) is 0 Å². The summed E-state index contributed by atoms with van der Waals surface area (Å²) in [7, 11) is 0. The molecule has 1 rings (SSSR count). The fourth-order valence-electron chi connectivity index (χ4n) is 2.80. The van der Waals surface area contributed by atoms with E-state index in [2.05, 4.69) is 58.4 Å². The van der Waals surface area contributed by atoms with Crippen molar-refractivity contribution in [2.24, 2.45) is 5.41 Å². The summed E-state index contributed by atoms with van der Waals surface area (Å²) in [5.41, 5.74) is 0.326. The highest BCUT2D eigenvalue weighted by Crippen LogP contribution is 2.34. The van der Waals surface area contributed by atoms with E-state index in [1.807, 2.05) is 0 Å². The molecule has 0 saturated heterocycles. The van der Waals surface area contributed by atoms with Crippen LogP contribution in [0.5, 0.6) is 0 Å². The number of alkyl halides is 1. The first-order chi connectivity index (χ1) is 9.14. The largest absolute Gasteiger partial charge is 0.249 e. The first-order valence-electron chi connectivity index (χ1n) is 7.63. The molecule has 19 heavy (non-hydrogen) atoms. The minimum atomic E-state index is 0.326. The van der Waals surface area contributed by atoms with Crippen molar-refractivity contribution in [1.82, 2.24) is 14.8 Å². The van der Waals surface area contributed by atoms with Crippen LogP contribution in [0.15, 0.2) is 0 Å². The molecule has 0 N–H and O–H groups in total. The van der Waals surface area contributed by atoms with Gasteiger partial charge in [0.25, 0.3) is 0 Å². The van der Waals surface area contributed by atoms with Gasteiger partial charge in [-0.3, -0.25) is 0 Å². The molecule has 0 atom stereocenters. The van der Waals surface area contributed by atoms with Gasteiger partial charge in [-0.1, -0.05) is 56.5 Å². The van der Waals surface area contributed by atoms with E-state index in [1.165, 1.54) is 25.7 Å². The molecule has 1 aromatic heterocycles. The van der Waals surface area contributed by atoms with Crippen LogP contribution in [0.1, 0.15) is 65.0 Å². The Hall–Kier alpha value is -0.380. The number of aryl methyl sites for hydroxylation is 2. The lowest BCUT2D eigenvalue weighted by Crippen LogP contribution is -2.30. The zero-order chi connectivity index (χ0) is 14.3. The van der Waals surface area contributed by atoms with Crippen molar-refractivity contribution < 1.29 is 0 Å². The normalized spacial score (nSPS) is 12.1. The molecule has 3 nitrogen and oxygen atoms in total. The summed E-state index contributed by atoms with van der Waals surface area (Å²) in [6.07, 6.45) is 6.82. The van der Waals surface area contributed by atoms with E-state index >= 15 is 0 Å². The predicted octanol–water partition coefficient (Wildman–Crippen LogP) is 4.38. The van der Waals surface area contributed by atoms with Crippen LogP contribution in [0.25, 0.3) is 0 Å². The zero-order valence-corrected chi connectivity index (χ0v) is 14.5. The summed E-state index contributed by atoms with van der Waals surface area (Å²) in [6.45, 7) is 9.82. The average Bonchev–Trinajstić information content (AvgIpc) is 2.81. The summed E-state index contributed by atoms with van der Waals surface area (Å²) in [4.78, 5) is 4.62. The number of nitrogens with zero attached hydrogens (tertiary/aromatic N) is 3. The number of hydrogen-bond donors (Lipinski definition) is 0. The second-order valence-electron chi connectivity index (χ2n) is 5.44. The highest BCUT2D eigenvalue weighted by Gasteiger charge is 2.29. The lowest BCUT2D eigenvalue weighted by molar-refractivity contribution is 0.219. The highest BCUT2D eigenvalue weighted by molar-refractivity contribution is 9.09. The molecule has 0 unspecified atom stereocenters. The molecule has 0 aliphatic heterocycles. The van der Waals surface area contributed by atoms with Crippen molar-refractivity contribution in [3.05, 3.63) is 11.6 Å². The fourth-order valence-corrected chi connectivity index (χ4v) is 3.54. The smallest absolute Gasteiger partial charge is 0.150 e. The van der Waals surface area contributed by atoms with Crippen LogP contribution >= 0.6 is 15.9 Å². The molecule has 0 amide bonds. The van der Waals surface area contributed by atoms with Gasteiger partial charge in [0.05, 0.1) is 0 Å². The van der Waals surface area contributed by atoms with E-state index in [0.29, 0.717) is 5.41 Å². The van der Waals surface area contributed by atoms with Crippen LogP contribution in [-0.4, -0.2) is 20.1 Å². The zero-order valence-electron chi connectivity index (χ0n) is 12.9. The van der Waals surface area contributed by atoms with E-state index < -0.39 is 0 Å². The molecular formula is C15H28BrN3. The molecule has 0 spiro atoms. The number of rotatable bonds is 9. The summed E-state index contributed by atoms with van der Waals surface area (Å²) < 4.78 is 2.16. The Morgan fingerprint density at radius 2 is 1.68 bits per heavy atom. The lowest BCUT2D eigenvalue weighted by atomic mass is 9.81. The van der Waals surface area contributed by atoms with Gasteiger partial charge in [0.15, 0.2) is 5.82 Å². The molecular weight excluding hydrogens is 302 g/mol. The van der Waals surface area contributed by atoms with Crippen molar-refractivity contribution in [2.45, 2.75) is 72.8 Å². The van der Waals surface area contributed by atoms with Gasteiger partial charge in [-0.15, -0.1) is 0 Å². The van der Waals surface area contributed by atoms with E-state index in [9.17, 15) is 0 Å². The van der Waals surface area contributed by atoms with E-state index in [-0.39, 0.29) is 0 Å². The quantitative estimate of drug-likeness (QED) is 0.629. The SMILES string of the molecule is CCCC(CBr)(CCC)Cn1nc(CC)nc1CC. The maximum absolute atomic E-state index is 4.68. The molecule has 0 aliphatic carbocycles. The monoisotopic (exact) mass is 329 g/mol. The van der Waals surface area contributed by atoms with E-state index in [0.717, 1.165) is 36.4 Å². The predicted molar refractivity (Wildman–Crippen MR) is 84.8 cm³/mol. The maximum atomic E-state index is 4.68. The second kappa shape index (κ2) is 8.03. The van der Waals surface area contributed by atoms with Crippen molar-refractivity contribution >= 4 is 15.9 Å². The molecule has 0 bridgehead atoms. The van der Waals surface area contributed by atoms with Gasteiger partial charge in [-0.2, -0.15) is 5.10 Å². The Bertz CT molecular complexity index is 367. The lowest BCUT2D eigenvalue weighted by Gasteiger charge is -2.32. The highest BCUT2D eigenvalue weighted by atomic mass is 79.9. The number of hydrogen-bond acceptors (Lipinski definition) is 2. The molecule has 1 aromatic rings. The molecule has 0 aliphatic rings. The Labute approximate surface area is 126 Å². The van der Waals surface area contributed by atoms with Gasteiger partial charge < -0.3 is 0 Å². The number of aromatic nitrogens is 3. The third-order valence-corrected chi connectivity index (χ3v) is 4.94. The van der Waals surface area contributed by atoms with Crippen LogP contribution in [0, 0.1) is 5.41 Å². The minimum absolute atomic E-state index is 0.326.